The highest BCUT2D eigenvalue weighted by molar-refractivity contribution is 6.00. The second kappa shape index (κ2) is 16.5. The lowest BCUT2D eigenvalue weighted by molar-refractivity contribution is -0.384. The number of carbonyl (C=O) groups excluding carboxylic acids is 2. The topological polar surface area (TPSA) is 171 Å². The van der Waals surface area contributed by atoms with Crippen LogP contribution in [0.5, 0.6) is 23.0 Å². The second-order valence-electron chi connectivity index (χ2n) is 10.3. The number of esters is 2. The molecule has 244 valence electrons. The van der Waals surface area contributed by atoms with Gasteiger partial charge in [-0.15, -0.1) is 0 Å². The van der Waals surface area contributed by atoms with Crippen molar-refractivity contribution in [2.24, 2.45) is 0 Å². The number of non-ortho nitro benzene ring substituents is 1. The number of nitrogens with one attached hydrogen (secondary N) is 2. The first-order valence-corrected chi connectivity index (χ1v) is 14.6. The Balaban J connectivity index is 0.000000516. The van der Waals surface area contributed by atoms with E-state index in [4.69, 9.17) is 23.7 Å². The van der Waals surface area contributed by atoms with Crippen molar-refractivity contribution in [1.82, 2.24) is 10.6 Å². The number of rotatable bonds is 14. The molecule has 0 aliphatic carbocycles. The van der Waals surface area contributed by atoms with E-state index in [1.807, 2.05) is 18.2 Å². The molecule has 2 aromatic rings. The number of methoxy groups -OCH3 is 2. The van der Waals surface area contributed by atoms with Gasteiger partial charge in [0.25, 0.3) is 5.69 Å². The minimum Gasteiger partial charge on any atom is -0.493 e. The number of para-hydroxylation sites is 1. The van der Waals surface area contributed by atoms with E-state index in [9.17, 15) is 24.8 Å². The Morgan fingerprint density at radius 1 is 1.09 bits per heavy atom. The maximum Gasteiger partial charge on any atom is 0.336 e. The number of ether oxygens (including phenoxy) is 5. The number of fused-ring (bicyclic) bond motifs is 1. The normalized spacial score (nSPS) is 15.4. The van der Waals surface area contributed by atoms with Gasteiger partial charge in [0, 0.05) is 35.6 Å². The number of benzene rings is 2. The van der Waals surface area contributed by atoms with Crippen LogP contribution < -0.4 is 24.8 Å². The van der Waals surface area contributed by atoms with Gasteiger partial charge in [-0.05, 0) is 65.3 Å². The van der Waals surface area contributed by atoms with E-state index < -0.39 is 28.9 Å². The van der Waals surface area contributed by atoms with Crippen molar-refractivity contribution in [1.29, 1.82) is 0 Å². The van der Waals surface area contributed by atoms with Crippen LogP contribution in [-0.2, 0) is 19.1 Å². The molecule has 13 nitrogen and oxygen atoms in total. The molecule has 13 heteroatoms. The third-order valence-corrected chi connectivity index (χ3v) is 6.95. The molecule has 0 saturated heterocycles. The Morgan fingerprint density at radius 3 is 2.40 bits per heavy atom. The number of aliphatic hydroxyl groups excluding tert-OH is 1. The van der Waals surface area contributed by atoms with Crippen molar-refractivity contribution in [3.8, 4) is 23.0 Å². The van der Waals surface area contributed by atoms with Crippen LogP contribution in [0.4, 0.5) is 5.69 Å². The average molecular weight is 628 g/mol. The Kier molecular flexibility index (Phi) is 12.7. The molecule has 0 spiro atoms. The third-order valence-electron chi connectivity index (χ3n) is 6.95. The second-order valence-corrected chi connectivity index (χ2v) is 10.3. The molecular formula is C32H41N3O10. The predicted molar refractivity (Wildman–Crippen MR) is 165 cm³/mol. The smallest absolute Gasteiger partial charge is 0.336 e. The number of dihydropyridines is 1. The van der Waals surface area contributed by atoms with Gasteiger partial charge < -0.3 is 39.4 Å². The van der Waals surface area contributed by atoms with Gasteiger partial charge in [-0.2, -0.15) is 0 Å². The van der Waals surface area contributed by atoms with Crippen LogP contribution in [0.3, 0.4) is 0 Å². The fraction of sp³-hybridized carbons (Fsp3) is 0.438. The van der Waals surface area contributed by atoms with Gasteiger partial charge in [-0.3, -0.25) is 10.1 Å². The van der Waals surface area contributed by atoms with Gasteiger partial charge in [0.05, 0.1) is 55.5 Å². The maximum absolute atomic E-state index is 13.0. The average Bonchev–Trinajstić information content (AvgIpc) is 3.80. The summed E-state index contributed by atoms with van der Waals surface area (Å²) in [6, 6.07) is 9.81. The van der Waals surface area contributed by atoms with E-state index in [2.05, 4.69) is 10.6 Å². The lowest BCUT2D eigenvalue weighted by atomic mass is 9.79. The van der Waals surface area contributed by atoms with Gasteiger partial charge in [-0.25, -0.2) is 9.59 Å². The number of hydrogen-bond donors (Lipinski definition) is 3. The van der Waals surface area contributed by atoms with Crippen molar-refractivity contribution >= 4 is 17.6 Å². The molecule has 0 fully saturated rings. The molecule has 0 bridgehead atoms. The van der Waals surface area contributed by atoms with Crippen LogP contribution in [-0.4, -0.2) is 68.6 Å². The van der Waals surface area contributed by atoms with Crippen molar-refractivity contribution in [3.63, 3.8) is 0 Å². The number of unbranched alkanes of at least 4 members (excludes halogenated alkanes) is 1. The molecule has 4 rings (SSSR count). The van der Waals surface area contributed by atoms with E-state index in [-0.39, 0.29) is 23.4 Å². The molecule has 0 amide bonds. The number of nitro benzene ring substituents is 1. The molecule has 0 saturated carbocycles. The van der Waals surface area contributed by atoms with Gasteiger partial charge in [0.15, 0.2) is 11.5 Å². The number of nitrogens with zero attached hydrogens (tertiary/aromatic N) is 1. The van der Waals surface area contributed by atoms with Crippen LogP contribution in [0.1, 0.15) is 52.0 Å². The molecular weight excluding hydrogens is 586 g/mol. The summed E-state index contributed by atoms with van der Waals surface area (Å²) in [6.45, 7) is 8.32. The molecule has 2 aliphatic rings. The SMILES string of the molecule is CCOC(=O)C1=C(C)NC(C)=C(C(=O)OC)C1c1cc([N+](=O)[O-])ccc1OCCCCNCC(C)O.COc1cccc2c1O2. The number of carbonyl (C=O) groups is 2. The van der Waals surface area contributed by atoms with Gasteiger partial charge in [0.1, 0.15) is 5.75 Å². The summed E-state index contributed by atoms with van der Waals surface area (Å²) in [4.78, 5) is 36.9. The van der Waals surface area contributed by atoms with Crippen LogP contribution in [0, 0.1) is 10.1 Å². The van der Waals surface area contributed by atoms with E-state index in [1.165, 1.54) is 25.3 Å². The zero-order chi connectivity index (χ0) is 33.1. The van der Waals surface area contributed by atoms with Crippen molar-refractivity contribution < 1.29 is 43.3 Å². The van der Waals surface area contributed by atoms with Crippen LogP contribution in [0.25, 0.3) is 0 Å². The zero-order valence-electron chi connectivity index (χ0n) is 26.4. The van der Waals surface area contributed by atoms with Gasteiger partial charge in [-0.1, -0.05) is 6.07 Å². The first kappa shape index (κ1) is 34.9. The Labute approximate surface area is 262 Å². The molecule has 2 aromatic carbocycles. The lowest BCUT2D eigenvalue weighted by Crippen LogP contribution is -2.32. The molecule has 2 atom stereocenters. The monoisotopic (exact) mass is 627 g/mol. The fourth-order valence-corrected chi connectivity index (χ4v) is 4.84. The molecule has 0 aromatic heterocycles. The van der Waals surface area contributed by atoms with E-state index in [0.717, 1.165) is 23.7 Å². The molecule has 3 N–H and O–H groups in total. The summed E-state index contributed by atoms with van der Waals surface area (Å²) in [7, 11) is 2.86. The van der Waals surface area contributed by atoms with Gasteiger partial charge in [0.2, 0.25) is 5.75 Å². The van der Waals surface area contributed by atoms with E-state index in [0.29, 0.717) is 48.8 Å². The summed E-state index contributed by atoms with van der Waals surface area (Å²) >= 11 is 0. The highest BCUT2D eigenvalue weighted by Crippen LogP contribution is 2.51. The standard InChI is InChI=1S/C25H35N3O8.C7H6O2/c1-6-35-25(31)22-17(4)27-16(3)21(24(30)34-5)23(22)19-13-18(28(32)33)9-10-20(19)36-12-8-7-11-26-14-15(2)29;1-8-5-3-2-4-6-7(5)9-6/h9-10,13,15,23,26-27,29H,6-8,11-12,14H2,1-5H3;2-4H,1H3. The quantitative estimate of drug-likeness (QED) is 0.0753. The Bertz CT molecular complexity index is 1450. The lowest BCUT2D eigenvalue weighted by Gasteiger charge is -2.31. The molecule has 0 radical (unpaired) electrons. The summed E-state index contributed by atoms with van der Waals surface area (Å²) in [5.41, 5.74) is 1.29. The summed E-state index contributed by atoms with van der Waals surface area (Å²) < 4.78 is 26.3. The fourth-order valence-electron chi connectivity index (χ4n) is 4.84. The van der Waals surface area contributed by atoms with Crippen molar-refractivity contribution in [2.75, 3.05) is 40.5 Å². The van der Waals surface area contributed by atoms with Crippen LogP contribution in [0.2, 0.25) is 0 Å². The summed E-state index contributed by atoms with van der Waals surface area (Å²) in [6.07, 6.45) is 1.02. The zero-order valence-corrected chi connectivity index (χ0v) is 26.4. The summed E-state index contributed by atoms with van der Waals surface area (Å²) in [5, 5.41) is 27.1. The highest BCUT2D eigenvalue weighted by Gasteiger charge is 2.40. The van der Waals surface area contributed by atoms with Gasteiger partial charge >= 0.3 is 11.9 Å². The highest BCUT2D eigenvalue weighted by atomic mass is 16.6. The van der Waals surface area contributed by atoms with Crippen molar-refractivity contribution in [2.45, 2.75) is 52.6 Å². The molecule has 2 heterocycles. The third kappa shape index (κ3) is 9.19. The number of hydrogen-bond acceptors (Lipinski definition) is 12. The largest absolute Gasteiger partial charge is 0.493 e. The predicted octanol–water partition coefficient (Wildman–Crippen LogP) is 4.50. The Morgan fingerprint density at radius 2 is 1.80 bits per heavy atom. The molecule has 45 heavy (non-hydrogen) atoms. The minimum atomic E-state index is -1.000. The van der Waals surface area contributed by atoms with Crippen LogP contribution in [0.15, 0.2) is 58.9 Å². The minimum absolute atomic E-state index is 0.111. The molecule has 2 unspecified atom stereocenters. The van der Waals surface area contributed by atoms with E-state index >= 15 is 0 Å². The summed E-state index contributed by atoms with van der Waals surface area (Å²) in [5.74, 6) is 0.638. The number of nitro groups is 1. The van der Waals surface area contributed by atoms with Crippen molar-refractivity contribution in [3.05, 3.63) is 74.6 Å². The molecule has 2 aliphatic heterocycles. The maximum atomic E-state index is 13.0. The number of aliphatic hydroxyl groups is 1. The first-order chi connectivity index (χ1) is 21.5. The van der Waals surface area contributed by atoms with Crippen LogP contribution >= 0.6 is 0 Å². The number of allylic oxidation sites excluding steroid dienone is 2. The first-order valence-electron chi connectivity index (χ1n) is 14.6. The Hall–Kier alpha value is -4.62. The van der Waals surface area contributed by atoms with E-state index in [1.54, 1.807) is 34.8 Å².